The van der Waals surface area contributed by atoms with Crippen molar-refractivity contribution in [2.24, 2.45) is 11.1 Å². The topological polar surface area (TPSA) is 59.2 Å². The summed E-state index contributed by atoms with van der Waals surface area (Å²) in [4.78, 5) is 18.5. The molecule has 0 aromatic carbocycles. The molecule has 5 heteroatoms. The number of nitrogens with two attached hydrogens (primary N) is 1. The van der Waals surface area contributed by atoms with Crippen molar-refractivity contribution in [2.45, 2.75) is 32.7 Å². The first-order valence-corrected chi connectivity index (χ1v) is 6.82. The normalized spacial score (nSPS) is 17.6. The van der Waals surface area contributed by atoms with Crippen LogP contribution in [-0.2, 0) is 11.3 Å². The Kier molecular flexibility index (Phi) is 3.49. The number of carbonyl (C=O) groups excluding carboxylic acids is 1. The molecule has 4 nitrogen and oxygen atoms in total. The molecule has 1 aromatic rings. The summed E-state index contributed by atoms with van der Waals surface area (Å²) in [5, 5.41) is 3.05. The van der Waals surface area contributed by atoms with E-state index in [0.29, 0.717) is 13.1 Å². The highest BCUT2D eigenvalue weighted by Gasteiger charge is 2.44. The largest absolute Gasteiger partial charge is 0.339 e. The van der Waals surface area contributed by atoms with Crippen LogP contribution in [0, 0.1) is 12.3 Å². The highest BCUT2D eigenvalue weighted by atomic mass is 32.1. The van der Waals surface area contributed by atoms with Crippen LogP contribution in [-0.4, -0.2) is 29.4 Å². The Morgan fingerprint density at radius 3 is 2.76 bits per heavy atom. The Hall–Kier alpha value is -0.940. The minimum atomic E-state index is -0.278. The molecule has 0 spiro atoms. The third-order valence-corrected chi connectivity index (χ3v) is 4.39. The van der Waals surface area contributed by atoms with Crippen molar-refractivity contribution < 1.29 is 4.79 Å². The summed E-state index contributed by atoms with van der Waals surface area (Å²) in [6, 6.07) is 0. The fraction of sp³-hybridized carbons (Fsp3) is 0.667. The van der Waals surface area contributed by atoms with Crippen LogP contribution in [0.5, 0.6) is 0 Å². The third kappa shape index (κ3) is 2.35. The molecule has 0 atom stereocenters. The van der Waals surface area contributed by atoms with Gasteiger partial charge in [-0.05, 0) is 19.8 Å². The molecule has 94 valence electrons. The molecular formula is C12H19N3OS. The van der Waals surface area contributed by atoms with Gasteiger partial charge in [0.05, 0.1) is 22.7 Å². The number of rotatable bonds is 4. The minimum Gasteiger partial charge on any atom is -0.339 e. The maximum atomic E-state index is 12.3. The molecule has 0 bridgehead atoms. The van der Waals surface area contributed by atoms with Crippen LogP contribution >= 0.6 is 11.3 Å². The Morgan fingerprint density at radius 2 is 2.35 bits per heavy atom. The molecule has 0 saturated heterocycles. The molecule has 1 aliphatic carbocycles. The van der Waals surface area contributed by atoms with Gasteiger partial charge in [-0.2, -0.15) is 0 Å². The molecule has 2 rings (SSSR count). The number of carbonyl (C=O) groups is 1. The van der Waals surface area contributed by atoms with Crippen LogP contribution < -0.4 is 5.73 Å². The Bertz CT molecular complexity index is 406. The van der Waals surface area contributed by atoms with Crippen LogP contribution in [0.1, 0.15) is 30.0 Å². The smallest absolute Gasteiger partial charge is 0.230 e. The molecule has 1 aliphatic rings. The van der Waals surface area contributed by atoms with Gasteiger partial charge < -0.3 is 10.6 Å². The number of hydrogen-bond acceptors (Lipinski definition) is 4. The molecule has 2 N–H and O–H groups in total. The average molecular weight is 253 g/mol. The molecule has 17 heavy (non-hydrogen) atoms. The van der Waals surface area contributed by atoms with Crippen LogP contribution in [0.25, 0.3) is 0 Å². The van der Waals surface area contributed by atoms with Gasteiger partial charge in [-0.25, -0.2) is 4.98 Å². The van der Waals surface area contributed by atoms with Gasteiger partial charge in [-0.3, -0.25) is 4.79 Å². The molecule has 1 amide bonds. The monoisotopic (exact) mass is 253 g/mol. The van der Waals surface area contributed by atoms with E-state index in [1.807, 2.05) is 19.4 Å². The average Bonchev–Trinajstić information content (AvgIpc) is 2.63. The minimum absolute atomic E-state index is 0.178. The number of nitrogens with zero attached hydrogens (tertiary/aromatic N) is 2. The van der Waals surface area contributed by atoms with E-state index >= 15 is 0 Å². The Morgan fingerprint density at radius 1 is 1.65 bits per heavy atom. The summed E-state index contributed by atoms with van der Waals surface area (Å²) in [7, 11) is 1.84. The van der Waals surface area contributed by atoms with E-state index in [4.69, 9.17) is 5.73 Å². The molecule has 1 aromatic heterocycles. The molecule has 0 aliphatic heterocycles. The second-order valence-electron chi connectivity index (χ2n) is 4.86. The summed E-state index contributed by atoms with van der Waals surface area (Å²) in [6.45, 7) is 3.03. The number of aromatic nitrogens is 1. The number of thiazole rings is 1. The zero-order chi connectivity index (χ0) is 12.5. The molecule has 1 fully saturated rings. The second-order valence-corrected chi connectivity index (χ2v) is 5.92. The summed E-state index contributed by atoms with van der Waals surface area (Å²) >= 11 is 1.62. The standard InChI is InChI=1S/C12H19N3OS/c1-9-14-10(7-17-9)6-15(2)11(16)12(8-13)4-3-5-12/h7H,3-6,8,13H2,1-2H3. The van der Waals surface area contributed by atoms with Crippen LogP contribution in [0.2, 0.25) is 0 Å². The predicted octanol–water partition coefficient (Wildman–Crippen LogP) is 1.54. The summed E-state index contributed by atoms with van der Waals surface area (Å²) in [5.74, 6) is 0.178. The molecular weight excluding hydrogens is 234 g/mol. The lowest BCUT2D eigenvalue weighted by molar-refractivity contribution is -0.145. The van der Waals surface area contributed by atoms with Crippen molar-refractivity contribution in [1.29, 1.82) is 0 Å². The first kappa shape index (κ1) is 12.5. The first-order chi connectivity index (χ1) is 8.07. The lowest BCUT2D eigenvalue weighted by Crippen LogP contribution is -2.50. The fourth-order valence-electron chi connectivity index (χ4n) is 2.31. The molecule has 0 unspecified atom stereocenters. The van der Waals surface area contributed by atoms with E-state index in [2.05, 4.69) is 4.98 Å². The fourth-order valence-corrected chi connectivity index (χ4v) is 2.91. The molecule has 0 radical (unpaired) electrons. The van der Waals surface area contributed by atoms with E-state index < -0.39 is 0 Å². The number of amides is 1. The maximum Gasteiger partial charge on any atom is 0.230 e. The quantitative estimate of drug-likeness (QED) is 0.885. The lowest BCUT2D eigenvalue weighted by atomic mass is 9.68. The van der Waals surface area contributed by atoms with Crippen LogP contribution in [0.3, 0.4) is 0 Å². The van der Waals surface area contributed by atoms with Gasteiger partial charge in [-0.15, -0.1) is 11.3 Å². The van der Waals surface area contributed by atoms with Gasteiger partial charge in [0.2, 0.25) is 5.91 Å². The zero-order valence-corrected chi connectivity index (χ0v) is 11.2. The Labute approximate surface area is 106 Å². The Balaban J connectivity index is 2.00. The van der Waals surface area contributed by atoms with Crippen molar-refractivity contribution in [3.8, 4) is 0 Å². The SMILES string of the molecule is Cc1nc(CN(C)C(=O)C2(CN)CCC2)cs1. The number of aryl methyl sites for hydroxylation is 1. The van der Waals surface area contributed by atoms with Gasteiger partial charge in [0, 0.05) is 19.0 Å². The molecule has 1 saturated carbocycles. The summed E-state index contributed by atoms with van der Waals surface area (Å²) < 4.78 is 0. The predicted molar refractivity (Wildman–Crippen MR) is 68.7 cm³/mol. The lowest BCUT2D eigenvalue weighted by Gasteiger charge is -2.41. The highest BCUT2D eigenvalue weighted by molar-refractivity contribution is 7.09. The van der Waals surface area contributed by atoms with E-state index in [0.717, 1.165) is 30.0 Å². The van der Waals surface area contributed by atoms with Gasteiger partial charge in [0.15, 0.2) is 0 Å². The van der Waals surface area contributed by atoms with Crippen LogP contribution in [0.4, 0.5) is 0 Å². The summed E-state index contributed by atoms with van der Waals surface area (Å²) in [6.07, 6.45) is 2.98. The van der Waals surface area contributed by atoms with Crippen molar-refractivity contribution in [1.82, 2.24) is 9.88 Å². The van der Waals surface area contributed by atoms with Crippen molar-refractivity contribution in [3.63, 3.8) is 0 Å². The number of hydrogen-bond donors (Lipinski definition) is 1. The van der Waals surface area contributed by atoms with Gasteiger partial charge in [-0.1, -0.05) is 6.42 Å². The van der Waals surface area contributed by atoms with E-state index in [-0.39, 0.29) is 11.3 Å². The third-order valence-electron chi connectivity index (χ3n) is 3.57. The first-order valence-electron chi connectivity index (χ1n) is 5.94. The van der Waals surface area contributed by atoms with Gasteiger partial charge in [0.1, 0.15) is 0 Å². The van der Waals surface area contributed by atoms with Gasteiger partial charge >= 0.3 is 0 Å². The maximum absolute atomic E-state index is 12.3. The van der Waals surface area contributed by atoms with Crippen molar-refractivity contribution in [2.75, 3.05) is 13.6 Å². The highest BCUT2D eigenvalue weighted by Crippen LogP contribution is 2.41. The van der Waals surface area contributed by atoms with E-state index in [1.165, 1.54) is 0 Å². The molecule has 1 heterocycles. The van der Waals surface area contributed by atoms with E-state index in [9.17, 15) is 4.79 Å². The zero-order valence-electron chi connectivity index (χ0n) is 10.4. The van der Waals surface area contributed by atoms with Gasteiger partial charge in [0.25, 0.3) is 0 Å². The van der Waals surface area contributed by atoms with Crippen LogP contribution in [0.15, 0.2) is 5.38 Å². The van der Waals surface area contributed by atoms with Crippen molar-refractivity contribution in [3.05, 3.63) is 16.1 Å². The van der Waals surface area contributed by atoms with Crippen molar-refractivity contribution >= 4 is 17.2 Å². The van der Waals surface area contributed by atoms with E-state index in [1.54, 1.807) is 16.2 Å². The summed E-state index contributed by atoms with van der Waals surface area (Å²) in [5.41, 5.74) is 6.43. The second kappa shape index (κ2) is 4.74.